The highest BCUT2D eigenvalue weighted by Gasteiger charge is 2.36. The first-order valence-corrected chi connectivity index (χ1v) is 12.9. The van der Waals surface area contributed by atoms with Gasteiger partial charge in [0.2, 0.25) is 0 Å². The summed E-state index contributed by atoms with van der Waals surface area (Å²) in [5.41, 5.74) is 2.45. The van der Waals surface area contributed by atoms with Crippen LogP contribution < -0.4 is 0 Å². The summed E-state index contributed by atoms with van der Waals surface area (Å²) in [6, 6.07) is 19.5. The normalized spacial score (nSPS) is 12.1. The highest BCUT2D eigenvalue weighted by Crippen LogP contribution is 2.37. The number of halogens is 1. The molecule has 2 aromatic carbocycles. The number of hydrogen-bond acceptors (Lipinski definition) is 2. The summed E-state index contributed by atoms with van der Waals surface area (Å²) in [4.78, 5) is 0. The summed E-state index contributed by atoms with van der Waals surface area (Å²) in [6.07, 6.45) is 0. The monoisotopic (exact) mass is 388 g/mol. The van der Waals surface area contributed by atoms with Gasteiger partial charge in [0, 0.05) is 17.9 Å². The maximum Gasteiger partial charge on any atom is 0.192 e. The summed E-state index contributed by atoms with van der Waals surface area (Å²) in [6.45, 7) is 11.7. The maximum atomic E-state index is 15.1. The van der Waals surface area contributed by atoms with Gasteiger partial charge < -0.3 is 4.43 Å². The molecule has 0 spiro atoms. The minimum atomic E-state index is -1.78. The number of benzene rings is 2. The van der Waals surface area contributed by atoms with E-state index in [1.54, 1.807) is 0 Å². The molecule has 0 radical (unpaired) electrons. The lowest BCUT2D eigenvalue weighted by molar-refractivity contribution is 0.311. The van der Waals surface area contributed by atoms with Gasteiger partial charge in [-0.25, -0.2) is 0 Å². The Morgan fingerprint density at radius 1 is 0.923 bits per heavy atom. The van der Waals surface area contributed by atoms with Crippen LogP contribution in [0.2, 0.25) is 18.1 Å². The summed E-state index contributed by atoms with van der Waals surface area (Å²) in [7, 11) is -1.78. The number of thioether (sulfide) groups is 1. The van der Waals surface area contributed by atoms with Gasteiger partial charge in [0.15, 0.2) is 13.5 Å². The molecule has 0 saturated heterocycles. The molecule has 2 aromatic rings. The Balaban J connectivity index is 2.13. The third-order valence-corrected chi connectivity index (χ3v) is 10.3. The van der Waals surface area contributed by atoms with Crippen molar-refractivity contribution in [3.8, 4) is 0 Å². The van der Waals surface area contributed by atoms with Crippen LogP contribution in [0.1, 0.15) is 31.9 Å². The van der Waals surface area contributed by atoms with E-state index in [0.29, 0.717) is 17.9 Å². The van der Waals surface area contributed by atoms with Gasteiger partial charge in [0.05, 0.1) is 0 Å². The van der Waals surface area contributed by atoms with E-state index < -0.39 is 8.32 Å². The van der Waals surface area contributed by atoms with Crippen molar-refractivity contribution in [1.29, 1.82) is 0 Å². The third-order valence-electron chi connectivity index (χ3n) is 4.90. The van der Waals surface area contributed by atoms with Gasteiger partial charge >= 0.3 is 0 Å². The highest BCUT2D eigenvalue weighted by molar-refractivity contribution is 8.03. The van der Waals surface area contributed by atoms with E-state index in [0.717, 1.165) is 11.1 Å². The van der Waals surface area contributed by atoms with E-state index in [1.807, 2.05) is 60.7 Å². The molecule has 0 bridgehead atoms. The molecule has 0 N–H and O–H groups in total. The Morgan fingerprint density at radius 3 is 1.81 bits per heavy atom. The lowest BCUT2D eigenvalue weighted by Crippen LogP contribution is -2.41. The molecule has 4 heteroatoms. The van der Waals surface area contributed by atoms with Crippen molar-refractivity contribution in [1.82, 2.24) is 0 Å². The fourth-order valence-corrected chi connectivity index (χ4v) is 4.24. The lowest BCUT2D eigenvalue weighted by Gasteiger charge is -2.36. The van der Waals surface area contributed by atoms with Crippen LogP contribution in [-0.2, 0) is 4.43 Å². The average Bonchev–Trinajstić information content (AvgIpc) is 2.60. The van der Waals surface area contributed by atoms with Crippen LogP contribution in [0.4, 0.5) is 4.39 Å². The van der Waals surface area contributed by atoms with Crippen LogP contribution in [0, 0.1) is 0 Å². The molecule has 2 rings (SSSR count). The Bertz CT molecular complexity index is 679. The van der Waals surface area contributed by atoms with Crippen molar-refractivity contribution in [2.24, 2.45) is 0 Å². The van der Waals surface area contributed by atoms with Gasteiger partial charge in [-0.1, -0.05) is 93.2 Å². The van der Waals surface area contributed by atoms with Gasteiger partial charge in [0.25, 0.3) is 0 Å². The second-order valence-corrected chi connectivity index (χ2v) is 13.7. The molecule has 140 valence electrons. The zero-order chi connectivity index (χ0) is 19.2. The van der Waals surface area contributed by atoms with Crippen molar-refractivity contribution in [2.45, 2.75) is 38.9 Å². The molecule has 0 aliphatic carbocycles. The van der Waals surface area contributed by atoms with Gasteiger partial charge in [-0.15, -0.1) is 0 Å². The second kappa shape index (κ2) is 9.02. The molecule has 0 aliphatic rings. The fraction of sp³-hybridized carbons (Fsp3) is 0.364. The molecule has 0 unspecified atom stereocenters. The van der Waals surface area contributed by atoms with Crippen molar-refractivity contribution < 1.29 is 8.82 Å². The minimum Gasteiger partial charge on any atom is -0.416 e. The van der Waals surface area contributed by atoms with Gasteiger partial charge in [0.1, 0.15) is 0 Å². The van der Waals surface area contributed by atoms with E-state index in [4.69, 9.17) is 4.43 Å². The van der Waals surface area contributed by atoms with Crippen molar-refractivity contribution in [2.75, 3.05) is 12.4 Å². The van der Waals surface area contributed by atoms with Gasteiger partial charge in [-0.2, -0.15) is 4.39 Å². The van der Waals surface area contributed by atoms with Gasteiger partial charge in [-0.05, 0) is 29.3 Å². The molecule has 0 heterocycles. The predicted molar refractivity (Wildman–Crippen MR) is 116 cm³/mol. The van der Waals surface area contributed by atoms with Crippen LogP contribution >= 0.6 is 11.8 Å². The Hall–Kier alpha value is -1.36. The molecule has 0 amide bonds. The topological polar surface area (TPSA) is 9.23 Å². The quantitative estimate of drug-likeness (QED) is 0.368. The average molecular weight is 389 g/mol. The summed E-state index contributed by atoms with van der Waals surface area (Å²) < 4.78 is 21.3. The summed E-state index contributed by atoms with van der Waals surface area (Å²) in [5, 5.41) is 0.0203. The molecule has 0 atom stereocenters. The van der Waals surface area contributed by atoms with Crippen LogP contribution in [0.15, 0.2) is 65.8 Å². The predicted octanol–water partition coefficient (Wildman–Crippen LogP) is 7.13. The number of rotatable bonds is 7. The largest absolute Gasteiger partial charge is 0.416 e. The van der Waals surface area contributed by atoms with Crippen LogP contribution in [-0.4, -0.2) is 20.7 Å². The first kappa shape index (κ1) is 20.9. The SMILES string of the molecule is CC(C)(C)[Si](C)(C)OCCSC(F)=C(c1ccccc1)c1ccccc1. The highest BCUT2D eigenvalue weighted by atomic mass is 32.2. The maximum absolute atomic E-state index is 15.1. The molecule has 0 fully saturated rings. The van der Waals surface area contributed by atoms with Gasteiger partial charge in [-0.3, -0.25) is 0 Å². The first-order chi connectivity index (χ1) is 12.2. The Labute approximate surface area is 162 Å². The standard InChI is InChI=1S/C22H29FOSSi/c1-22(2,3)26(4,5)24-16-17-25-21(23)20(18-12-8-6-9-13-18)19-14-10-7-11-15-19/h6-15H,16-17H2,1-5H3. The molecular weight excluding hydrogens is 359 g/mol. The summed E-state index contributed by atoms with van der Waals surface area (Å²) >= 11 is 1.24. The molecule has 0 saturated carbocycles. The zero-order valence-electron chi connectivity index (χ0n) is 16.4. The molecule has 26 heavy (non-hydrogen) atoms. The Kier molecular flexibility index (Phi) is 7.27. The fourth-order valence-electron chi connectivity index (χ4n) is 2.32. The van der Waals surface area contributed by atoms with Crippen LogP contribution in [0.3, 0.4) is 0 Å². The van der Waals surface area contributed by atoms with Crippen molar-refractivity contribution in [3.63, 3.8) is 0 Å². The van der Waals surface area contributed by atoms with E-state index in [1.165, 1.54) is 11.8 Å². The van der Waals surface area contributed by atoms with Crippen molar-refractivity contribution in [3.05, 3.63) is 76.9 Å². The molecule has 0 aliphatic heterocycles. The summed E-state index contributed by atoms with van der Waals surface area (Å²) in [5.74, 6) is 0.613. The van der Waals surface area contributed by atoms with Crippen molar-refractivity contribution >= 4 is 25.7 Å². The van der Waals surface area contributed by atoms with Crippen LogP contribution in [0.25, 0.3) is 5.57 Å². The van der Waals surface area contributed by atoms with E-state index in [9.17, 15) is 0 Å². The Morgan fingerprint density at radius 2 is 1.38 bits per heavy atom. The smallest absolute Gasteiger partial charge is 0.192 e. The second-order valence-electron chi connectivity index (χ2n) is 7.84. The molecule has 0 aromatic heterocycles. The van der Waals surface area contributed by atoms with E-state index >= 15 is 4.39 Å². The van der Waals surface area contributed by atoms with E-state index in [2.05, 4.69) is 33.9 Å². The first-order valence-electron chi connectivity index (χ1n) is 9.00. The minimum absolute atomic E-state index is 0.152. The van der Waals surface area contributed by atoms with E-state index in [-0.39, 0.29) is 10.2 Å². The molecule has 1 nitrogen and oxygen atoms in total. The lowest BCUT2D eigenvalue weighted by atomic mass is 9.99. The molecular formula is C22H29FOSSi. The van der Waals surface area contributed by atoms with Crippen LogP contribution in [0.5, 0.6) is 0 Å². The number of hydrogen-bond donors (Lipinski definition) is 0. The third kappa shape index (κ3) is 5.57. The zero-order valence-corrected chi connectivity index (χ0v) is 18.2.